The van der Waals surface area contributed by atoms with Gasteiger partial charge >= 0.3 is 0 Å². The quantitative estimate of drug-likeness (QED) is 0.516. The topological polar surface area (TPSA) is 18.5 Å². The van der Waals surface area contributed by atoms with Gasteiger partial charge in [0.05, 0.1) is 12.7 Å². The summed E-state index contributed by atoms with van der Waals surface area (Å²) >= 11 is 0. The zero-order valence-corrected chi connectivity index (χ0v) is 14.6. The number of ether oxygens (including phenoxy) is 2. The summed E-state index contributed by atoms with van der Waals surface area (Å²) in [6.07, 6.45) is 1.11. The van der Waals surface area contributed by atoms with Crippen molar-refractivity contribution in [1.29, 1.82) is 0 Å². The van der Waals surface area contributed by atoms with Crippen molar-refractivity contribution < 1.29 is 9.47 Å². The predicted molar refractivity (Wildman–Crippen MR) is 103 cm³/mol. The molecule has 0 aliphatic rings. The smallest absolute Gasteiger partial charge is 0.119 e. The van der Waals surface area contributed by atoms with E-state index in [1.54, 1.807) is 0 Å². The monoisotopic (exact) mass is 332 g/mol. The lowest BCUT2D eigenvalue weighted by atomic mass is 10.1. The first-order valence-corrected chi connectivity index (χ1v) is 8.75. The van der Waals surface area contributed by atoms with Crippen LogP contribution in [-0.4, -0.2) is 19.3 Å². The van der Waals surface area contributed by atoms with Gasteiger partial charge in [-0.1, -0.05) is 72.8 Å². The molecule has 0 saturated heterocycles. The standard InChI is InChI=1S/C23H24O2/c1-19(18-20-8-4-2-5-9-20)24-16-17-25-23-14-12-22(13-15-23)21-10-6-3-7-11-21/h2-15,19H,16-18H2,1H3. The van der Waals surface area contributed by atoms with Gasteiger partial charge in [-0.3, -0.25) is 0 Å². The van der Waals surface area contributed by atoms with E-state index < -0.39 is 0 Å². The van der Waals surface area contributed by atoms with Crippen LogP contribution in [0.4, 0.5) is 0 Å². The van der Waals surface area contributed by atoms with Crippen LogP contribution in [0.1, 0.15) is 12.5 Å². The van der Waals surface area contributed by atoms with Gasteiger partial charge in [-0.05, 0) is 42.2 Å². The maximum Gasteiger partial charge on any atom is 0.119 e. The Kier molecular flexibility index (Phi) is 6.24. The molecule has 1 unspecified atom stereocenters. The van der Waals surface area contributed by atoms with Crippen molar-refractivity contribution in [2.75, 3.05) is 13.2 Å². The molecule has 3 aromatic carbocycles. The Morgan fingerprint density at radius 3 is 1.96 bits per heavy atom. The van der Waals surface area contributed by atoms with E-state index in [1.807, 2.05) is 36.4 Å². The Morgan fingerprint density at radius 1 is 0.680 bits per heavy atom. The number of hydrogen-bond acceptors (Lipinski definition) is 2. The summed E-state index contributed by atoms with van der Waals surface area (Å²) in [5, 5.41) is 0. The number of rotatable bonds is 8. The number of hydrogen-bond donors (Lipinski definition) is 0. The fourth-order valence-corrected chi connectivity index (χ4v) is 2.79. The third-order valence-electron chi connectivity index (χ3n) is 4.08. The van der Waals surface area contributed by atoms with Gasteiger partial charge in [0.1, 0.15) is 12.4 Å². The Bertz CT molecular complexity index is 736. The highest BCUT2D eigenvalue weighted by molar-refractivity contribution is 5.63. The highest BCUT2D eigenvalue weighted by Crippen LogP contribution is 2.22. The molecular weight excluding hydrogens is 308 g/mol. The molecule has 3 rings (SSSR count). The highest BCUT2D eigenvalue weighted by atomic mass is 16.5. The van der Waals surface area contributed by atoms with Gasteiger partial charge in [0.15, 0.2) is 0 Å². The number of benzene rings is 3. The van der Waals surface area contributed by atoms with Gasteiger partial charge < -0.3 is 9.47 Å². The van der Waals surface area contributed by atoms with Crippen LogP contribution < -0.4 is 4.74 Å². The van der Waals surface area contributed by atoms with Crippen molar-refractivity contribution in [3.63, 3.8) is 0 Å². The first-order valence-electron chi connectivity index (χ1n) is 8.75. The summed E-state index contributed by atoms with van der Waals surface area (Å²) in [6, 6.07) is 28.9. The average molecular weight is 332 g/mol. The van der Waals surface area contributed by atoms with Crippen molar-refractivity contribution in [3.05, 3.63) is 90.5 Å². The molecule has 2 heteroatoms. The maximum absolute atomic E-state index is 5.84. The van der Waals surface area contributed by atoms with Gasteiger partial charge in [0, 0.05) is 0 Å². The van der Waals surface area contributed by atoms with Gasteiger partial charge in [-0.15, -0.1) is 0 Å². The fraction of sp³-hybridized carbons (Fsp3) is 0.217. The van der Waals surface area contributed by atoms with Crippen LogP contribution in [0.15, 0.2) is 84.9 Å². The van der Waals surface area contributed by atoms with E-state index in [-0.39, 0.29) is 6.10 Å². The third kappa shape index (κ3) is 5.47. The molecule has 0 N–H and O–H groups in total. The second-order valence-corrected chi connectivity index (χ2v) is 6.11. The molecule has 0 amide bonds. The lowest BCUT2D eigenvalue weighted by molar-refractivity contribution is 0.0449. The molecule has 1 atom stereocenters. The van der Waals surface area contributed by atoms with Gasteiger partial charge in [0.25, 0.3) is 0 Å². The molecule has 128 valence electrons. The molecule has 0 fully saturated rings. The molecule has 0 bridgehead atoms. The van der Waals surface area contributed by atoms with E-state index in [1.165, 1.54) is 16.7 Å². The Morgan fingerprint density at radius 2 is 1.28 bits per heavy atom. The molecule has 3 aromatic rings. The molecular formula is C23H24O2. The van der Waals surface area contributed by atoms with Crippen molar-refractivity contribution >= 4 is 0 Å². The normalized spacial score (nSPS) is 11.9. The Hall–Kier alpha value is -2.58. The molecule has 0 spiro atoms. The molecule has 0 heterocycles. The SMILES string of the molecule is CC(Cc1ccccc1)OCCOc1ccc(-c2ccccc2)cc1. The van der Waals surface area contributed by atoms with Crippen molar-refractivity contribution in [2.24, 2.45) is 0 Å². The Labute approximate surface area is 150 Å². The molecule has 2 nitrogen and oxygen atoms in total. The first kappa shape index (κ1) is 17.2. The minimum absolute atomic E-state index is 0.187. The summed E-state index contributed by atoms with van der Waals surface area (Å²) < 4.78 is 11.6. The van der Waals surface area contributed by atoms with Crippen molar-refractivity contribution in [2.45, 2.75) is 19.4 Å². The van der Waals surface area contributed by atoms with Gasteiger partial charge in [0.2, 0.25) is 0 Å². The zero-order valence-electron chi connectivity index (χ0n) is 14.6. The molecule has 0 aliphatic carbocycles. The second-order valence-electron chi connectivity index (χ2n) is 6.11. The average Bonchev–Trinajstić information content (AvgIpc) is 2.67. The van der Waals surface area contributed by atoms with Crippen LogP contribution in [0.25, 0.3) is 11.1 Å². The van der Waals surface area contributed by atoms with Crippen LogP contribution in [0.2, 0.25) is 0 Å². The maximum atomic E-state index is 5.84. The largest absolute Gasteiger partial charge is 0.491 e. The summed E-state index contributed by atoms with van der Waals surface area (Å²) in [7, 11) is 0. The first-order chi connectivity index (χ1) is 12.3. The van der Waals surface area contributed by atoms with Gasteiger partial charge in [-0.2, -0.15) is 0 Å². The van der Waals surface area contributed by atoms with Crippen LogP contribution in [0, 0.1) is 0 Å². The van der Waals surface area contributed by atoms with E-state index in [9.17, 15) is 0 Å². The molecule has 0 saturated carbocycles. The third-order valence-corrected chi connectivity index (χ3v) is 4.08. The fourth-order valence-electron chi connectivity index (χ4n) is 2.79. The van der Waals surface area contributed by atoms with E-state index in [4.69, 9.17) is 9.47 Å². The van der Waals surface area contributed by atoms with E-state index in [0.717, 1.165) is 12.2 Å². The van der Waals surface area contributed by atoms with Crippen molar-refractivity contribution in [1.82, 2.24) is 0 Å². The summed E-state index contributed by atoms with van der Waals surface area (Å²) in [5.74, 6) is 0.874. The summed E-state index contributed by atoms with van der Waals surface area (Å²) in [4.78, 5) is 0. The predicted octanol–water partition coefficient (Wildman–Crippen LogP) is 5.38. The van der Waals surface area contributed by atoms with E-state index >= 15 is 0 Å². The Balaban J connectivity index is 1.40. The highest BCUT2D eigenvalue weighted by Gasteiger charge is 2.04. The minimum Gasteiger partial charge on any atom is -0.491 e. The lowest BCUT2D eigenvalue weighted by Crippen LogP contribution is -2.16. The summed E-state index contributed by atoms with van der Waals surface area (Å²) in [6.45, 7) is 3.25. The zero-order chi connectivity index (χ0) is 17.3. The second kappa shape index (κ2) is 9.05. The lowest BCUT2D eigenvalue weighted by Gasteiger charge is -2.14. The molecule has 0 aromatic heterocycles. The van der Waals surface area contributed by atoms with Crippen LogP contribution in [-0.2, 0) is 11.2 Å². The van der Waals surface area contributed by atoms with Gasteiger partial charge in [-0.25, -0.2) is 0 Å². The molecule has 0 radical (unpaired) electrons. The molecule has 0 aliphatic heterocycles. The van der Waals surface area contributed by atoms with Crippen LogP contribution in [0.5, 0.6) is 5.75 Å². The summed E-state index contributed by atoms with van der Waals surface area (Å²) in [5.41, 5.74) is 3.71. The van der Waals surface area contributed by atoms with E-state index in [2.05, 4.69) is 55.5 Å². The molecule has 25 heavy (non-hydrogen) atoms. The minimum atomic E-state index is 0.187. The van der Waals surface area contributed by atoms with Crippen molar-refractivity contribution in [3.8, 4) is 16.9 Å². The van der Waals surface area contributed by atoms with Crippen LogP contribution in [0.3, 0.4) is 0 Å². The van der Waals surface area contributed by atoms with Crippen LogP contribution >= 0.6 is 0 Å². The van der Waals surface area contributed by atoms with E-state index in [0.29, 0.717) is 13.2 Å².